The number of aliphatic hydroxyl groups is 1. The number of fused-ring (bicyclic) bond motifs is 5. The summed E-state index contributed by atoms with van der Waals surface area (Å²) in [5.41, 5.74) is -0.206. The van der Waals surface area contributed by atoms with Crippen LogP contribution in [0.2, 0.25) is 0 Å². The zero-order valence-electron chi connectivity index (χ0n) is 21.3. The van der Waals surface area contributed by atoms with Gasteiger partial charge in [0.05, 0.1) is 18.6 Å². The predicted octanol–water partition coefficient (Wildman–Crippen LogP) is 4.90. The van der Waals surface area contributed by atoms with Gasteiger partial charge >= 0.3 is 5.97 Å². The molecule has 33 heavy (non-hydrogen) atoms. The van der Waals surface area contributed by atoms with Crippen molar-refractivity contribution < 1.29 is 24.2 Å². The first-order chi connectivity index (χ1) is 15.3. The highest BCUT2D eigenvalue weighted by Gasteiger charge is 2.69. The molecule has 8 atom stereocenters. The van der Waals surface area contributed by atoms with Crippen molar-refractivity contribution in [2.24, 2.45) is 45.3 Å². The minimum absolute atomic E-state index is 0.0738. The number of aldehydes is 1. The minimum Gasteiger partial charge on any atom is -0.465 e. The number of aliphatic hydroxyl groups excluding tert-OH is 1. The molecule has 0 bridgehead atoms. The summed E-state index contributed by atoms with van der Waals surface area (Å²) in [6, 6.07) is 0. The molecule has 5 nitrogen and oxygen atoms in total. The van der Waals surface area contributed by atoms with Crippen LogP contribution in [0.25, 0.3) is 0 Å². The third kappa shape index (κ3) is 3.39. The average Bonchev–Trinajstić information content (AvgIpc) is 2.72. The molecule has 4 rings (SSSR count). The molecule has 3 saturated carbocycles. The van der Waals surface area contributed by atoms with Crippen LogP contribution < -0.4 is 0 Å². The molecule has 4 aliphatic carbocycles. The molecule has 0 aliphatic heterocycles. The van der Waals surface area contributed by atoms with E-state index in [1.54, 1.807) is 0 Å². The Bertz CT molecular complexity index is 874. The maximum absolute atomic E-state index is 12.4. The van der Waals surface area contributed by atoms with Gasteiger partial charge < -0.3 is 14.6 Å². The summed E-state index contributed by atoms with van der Waals surface area (Å²) >= 11 is 0. The summed E-state index contributed by atoms with van der Waals surface area (Å²) in [5.74, 6) is -0.163. The Morgan fingerprint density at radius 3 is 2.39 bits per heavy atom. The van der Waals surface area contributed by atoms with Crippen molar-refractivity contribution in [1.82, 2.24) is 0 Å². The van der Waals surface area contributed by atoms with E-state index in [-0.39, 0.29) is 39.8 Å². The summed E-state index contributed by atoms with van der Waals surface area (Å²) in [5, 5.41) is 11.7. The number of hydrogen-bond donors (Lipinski definition) is 1. The number of carbonyl (C=O) groups excluding carboxylic acids is 3. The van der Waals surface area contributed by atoms with E-state index in [9.17, 15) is 19.5 Å². The first-order valence-corrected chi connectivity index (χ1v) is 12.8. The molecule has 184 valence electrons. The molecule has 1 N–H and O–H groups in total. The second-order valence-electron chi connectivity index (χ2n) is 12.7. The van der Waals surface area contributed by atoms with Crippen LogP contribution in [0.1, 0.15) is 86.5 Å². The van der Waals surface area contributed by atoms with E-state index in [1.165, 1.54) is 20.3 Å². The van der Waals surface area contributed by atoms with Gasteiger partial charge in [-0.25, -0.2) is 0 Å². The first kappa shape index (κ1) is 24.6. The Balaban J connectivity index is 1.83. The van der Waals surface area contributed by atoms with Crippen LogP contribution >= 0.6 is 0 Å². The van der Waals surface area contributed by atoms with Crippen molar-refractivity contribution in [3.05, 3.63) is 11.6 Å². The Morgan fingerprint density at radius 2 is 1.79 bits per heavy atom. The highest BCUT2D eigenvalue weighted by Crippen LogP contribution is 2.73. The van der Waals surface area contributed by atoms with Gasteiger partial charge in [-0.3, -0.25) is 9.59 Å². The summed E-state index contributed by atoms with van der Waals surface area (Å²) < 4.78 is 5.78. The predicted molar refractivity (Wildman–Crippen MR) is 126 cm³/mol. The van der Waals surface area contributed by atoms with Gasteiger partial charge in [0.15, 0.2) is 5.78 Å². The molecule has 0 heterocycles. The number of allylic oxidation sites excluding steroid dienone is 2. The van der Waals surface area contributed by atoms with Crippen LogP contribution in [0, 0.1) is 45.3 Å². The van der Waals surface area contributed by atoms with E-state index in [4.69, 9.17) is 4.74 Å². The van der Waals surface area contributed by atoms with Crippen molar-refractivity contribution in [3.8, 4) is 0 Å². The fraction of sp³-hybridized carbons (Fsp3) is 0.821. The number of hydrogen-bond acceptors (Lipinski definition) is 5. The minimum atomic E-state index is -0.684. The summed E-state index contributed by atoms with van der Waals surface area (Å²) in [6.45, 7) is 12.5. The molecule has 0 saturated heterocycles. The lowest BCUT2D eigenvalue weighted by atomic mass is 9.34. The Hall–Kier alpha value is -1.49. The van der Waals surface area contributed by atoms with Crippen LogP contribution in [-0.2, 0) is 19.1 Å². The SMILES string of the molecule is CC(=O)OC[C@]12CCCC(C)(C)C1CC[C@]1(C)C2C[C@@H](O)[C@@]2(C)C1CC=C(C(C)=O)[C@@H]2C=O. The van der Waals surface area contributed by atoms with E-state index < -0.39 is 17.4 Å². The molecule has 3 unspecified atom stereocenters. The highest BCUT2D eigenvalue weighted by atomic mass is 16.5. The second-order valence-corrected chi connectivity index (χ2v) is 12.7. The molecule has 0 spiro atoms. The Morgan fingerprint density at radius 1 is 1.09 bits per heavy atom. The van der Waals surface area contributed by atoms with Gasteiger partial charge in [-0.1, -0.05) is 40.2 Å². The van der Waals surface area contributed by atoms with Crippen molar-refractivity contribution in [3.63, 3.8) is 0 Å². The van der Waals surface area contributed by atoms with Crippen molar-refractivity contribution >= 4 is 18.0 Å². The molecule has 0 aromatic carbocycles. The van der Waals surface area contributed by atoms with Gasteiger partial charge in [0.1, 0.15) is 6.29 Å². The maximum atomic E-state index is 12.4. The fourth-order valence-electron chi connectivity index (χ4n) is 9.47. The smallest absolute Gasteiger partial charge is 0.302 e. The van der Waals surface area contributed by atoms with Crippen molar-refractivity contribution in [1.29, 1.82) is 0 Å². The Kier molecular flexibility index (Phi) is 6.00. The third-order valence-electron chi connectivity index (χ3n) is 11.0. The molecule has 0 aromatic heterocycles. The highest BCUT2D eigenvalue weighted by molar-refractivity contribution is 5.97. The number of ether oxygens (including phenoxy) is 1. The molecule has 0 amide bonds. The quantitative estimate of drug-likeness (QED) is 0.479. The molecule has 0 aromatic rings. The van der Waals surface area contributed by atoms with Crippen LogP contribution in [-0.4, -0.2) is 35.9 Å². The Labute approximate surface area is 198 Å². The van der Waals surface area contributed by atoms with Crippen LogP contribution in [0.15, 0.2) is 11.6 Å². The van der Waals surface area contributed by atoms with E-state index >= 15 is 0 Å². The van der Waals surface area contributed by atoms with E-state index in [2.05, 4.69) is 20.8 Å². The number of carbonyl (C=O) groups is 3. The first-order valence-electron chi connectivity index (χ1n) is 12.8. The number of rotatable bonds is 4. The van der Waals surface area contributed by atoms with Crippen molar-refractivity contribution in [2.75, 3.05) is 6.61 Å². The topological polar surface area (TPSA) is 80.7 Å². The second kappa shape index (κ2) is 8.03. The molecular formula is C28H42O5. The van der Waals surface area contributed by atoms with Gasteiger partial charge in [-0.05, 0) is 74.0 Å². The van der Waals surface area contributed by atoms with Crippen molar-refractivity contribution in [2.45, 2.75) is 92.6 Å². The zero-order chi connectivity index (χ0) is 24.4. The zero-order valence-corrected chi connectivity index (χ0v) is 21.3. The lowest BCUT2D eigenvalue weighted by Crippen LogP contribution is -2.68. The number of ketones is 1. The molecule has 5 heteroatoms. The molecule has 0 radical (unpaired) electrons. The lowest BCUT2D eigenvalue weighted by molar-refractivity contribution is -0.246. The van der Waals surface area contributed by atoms with E-state index in [0.717, 1.165) is 32.0 Å². The van der Waals surface area contributed by atoms with Gasteiger partial charge in [0, 0.05) is 23.3 Å². The summed E-state index contributed by atoms with van der Waals surface area (Å²) in [4.78, 5) is 36.6. The lowest BCUT2D eigenvalue weighted by Gasteiger charge is -2.70. The van der Waals surface area contributed by atoms with Crippen LogP contribution in [0.3, 0.4) is 0 Å². The number of esters is 1. The van der Waals surface area contributed by atoms with Crippen LogP contribution in [0.5, 0.6) is 0 Å². The van der Waals surface area contributed by atoms with E-state index in [1.807, 2.05) is 13.0 Å². The normalized spacial score (nSPS) is 46.2. The van der Waals surface area contributed by atoms with Crippen LogP contribution in [0.4, 0.5) is 0 Å². The summed E-state index contributed by atoms with van der Waals surface area (Å²) in [6.07, 6.45) is 8.87. The third-order valence-corrected chi connectivity index (χ3v) is 11.0. The number of Topliss-reactive ketones (excluding diaryl/α,β-unsaturated/α-hetero) is 1. The standard InChI is InChI=1S/C28H42O5/c1-17(30)19-8-9-22-26(5)13-10-21-25(3,4)11-7-12-28(21,16-33-18(2)31)23(26)14-24(32)27(22,6)20(19)15-29/h8,15,20-24,32H,7,9-14,16H2,1-6H3/t20-,21?,22?,23?,24+,26-,27+,28+/m0/s1. The van der Waals surface area contributed by atoms with Gasteiger partial charge in [-0.15, -0.1) is 0 Å². The maximum Gasteiger partial charge on any atom is 0.302 e. The van der Waals surface area contributed by atoms with Gasteiger partial charge in [-0.2, -0.15) is 0 Å². The monoisotopic (exact) mass is 458 g/mol. The average molecular weight is 459 g/mol. The van der Waals surface area contributed by atoms with Gasteiger partial charge in [0.25, 0.3) is 0 Å². The largest absolute Gasteiger partial charge is 0.465 e. The molecule has 3 fully saturated rings. The molecular weight excluding hydrogens is 416 g/mol. The van der Waals surface area contributed by atoms with E-state index in [0.29, 0.717) is 30.9 Å². The van der Waals surface area contributed by atoms with Gasteiger partial charge in [0.2, 0.25) is 0 Å². The summed E-state index contributed by atoms with van der Waals surface area (Å²) in [7, 11) is 0. The fourth-order valence-corrected chi connectivity index (χ4v) is 9.47. The molecule has 4 aliphatic rings.